The highest BCUT2D eigenvalue weighted by Crippen LogP contribution is 2.44. The van der Waals surface area contributed by atoms with E-state index in [-0.39, 0.29) is 11.2 Å². The van der Waals surface area contributed by atoms with Crippen LogP contribution >= 0.6 is 11.6 Å². The van der Waals surface area contributed by atoms with E-state index in [1.165, 1.54) is 5.56 Å². The Balaban J connectivity index is 1.71. The number of H-pyrrole nitrogens is 1. The second-order valence-corrected chi connectivity index (χ2v) is 8.35. The second kappa shape index (κ2) is 6.35. The number of nitrogens with one attached hydrogen (secondary N) is 1. The van der Waals surface area contributed by atoms with E-state index in [1.807, 2.05) is 54.6 Å². The zero-order valence-electron chi connectivity index (χ0n) is 15.6. The van der Waals surface area contributed by atoms with Crippen molar-refractivity contribution in [1.82, 2.24) is 4.98 Å². The molecule has 3 aromatic carbocycles. The molecule has 1 aromatic heterocycles. The molecule has 5 rings (SSSR count). The molecular weight excluding hydrogens is 366 g/mol. The molecule has 1 atom stereocenters. The summed E-state index contributed by atoms with van der Waals surface area (Å²) in [6.07, 6.45) is 1.31. The Morgan fingerprint density at radius 2 is 1.75 bits per heavy atom. The molecule has 0 fully saturated rings. The number of carbonyl (C=O) groups is 1. The van der Waals surface area contributed by atoms with E-state index in [1.54, 1.807) is 0 Å². The van der Waals surface area contributed by atoms with Crippen molar-refractivity contribution in [3.63, 3.8) is 0 Å². The van der Waals surface area contributed by atoms with E-state index in [2.05, 4.69) is 30.1 Å². The number of benzene rings is 3. The Bertz CT molecular complexity index is 1210. The van der Waals surface area contributed by atoms with Crippen molar-refractivity contribution in [3.05, 3.63) is 94.5 Å². The first-order chi connectivity index (χ1) is 13.5. The Kier molecular flexibility index (Phi) is 3.92. The van der Waals surface area contributed by atoms with Gasteiger partial charge in [-0.3, -0.25) is 4.79 Å². The van der Waals surface area contributed by atoms with Crippen molar-refractivity contribution >= 4 is 28.3 Å². The fraction of sp³-hybridized carbons (Fsp3) is 0.160. The highest BCUT2D eigenvalue weighted by Gasteiger charge is 2.40. The van der Waals surface area contributed by atoms with Gasteiger partial charge in [0.2, 0.25) is 0 Å². The molecule has 0 saturated carbocycles. The van der Waals surface area contributed by atoms with Gasteiger partial charge >= 0.3 is 0 Å². The van der Waals surface area contributed by atoms with Gasteiger partial charge in [0.15, 0.2) is 5.78 Å². The van der Waals surface area contributed by atoms with Crippen molar-refractivity contribution in [3.8, 4) is 11.3 Å². The van der Waals surface area contributed by atoms with Crippen LogP contribution < -0.4 is 0 Å². The van der Waals surface area contributed by atoms with Crippen molar-refractivity contribution in [2.45, 2.75) is 25.2 Å². The van der Waals surface area contributed by atoms with Gasteiger partial charge in [0, 0.05) is 39.0 Å². The highest BCUT2D eigenvalue weighted by molar-refractivity contribution is 6.31. The van der Waals surface area contributed by atoms with Gasteiger partial charge in [-0.05, 0) is 41.3 Å². The number of hydrogen-bond acceptors (Lipinski definition) is 1. The fourth-order valence-corrected chi connectivity index (χ4v) is 4.77. The third kappa shape index (κ3) is 2.68. The number of halogens is 1. The number of rotatable bonds is 3. The molecule has 0 amide bonds. The maximum Gasteiger partial charge on any atom is 0.164 e. The van der Waals surface area contributed by atoms with Gasteiger partial charge in [-0.25, -0.2) is 0 Å². The summed E-state index contributed by atoms with van der Waals surface area (Å²) in [5.41, 5.74) is 6.32. The minimum atomic E-state index is -0.228. The molecule has 1 aliphatic rings. The Hall–Kier alpha value is -2.84. The van der Waals surface area contributed by atoms with Crippen LogP contribution in [0.25, 0.3) is 22.2 Å². The summed E-state index contributed by atoms with van der Waals surface area (Å²) in [5, 5.41) is 1.85. The maximum atomic E-state index is 12.7. The van der Waals surface area contributed by atoms with Gasteiger partial charge in [-0.2, -0.15) is 0 Å². The maximum absolute atomic E-state index is 12.7. The molecule has 138 valence electrons. The smallest absolute Gasteiger partial charge is 0.164 e. The molecule has 4 aromatic rings. The van der Waals surface area contributed by atoms with E-state index in [0.717, 1.165) is 44.7 Å². The van der Waals surface area contributed by atoms with Gasteiger partial charge < -0.3 is 4.98 Å². The molecule has 28 heavy (non-hydrogen) atoms. The Morgan fingerprint density at radius 3 is 2.57 bits per heavy atom. The summed E-state index contributed by atoms with van der Waals surface area (Å²) in [7, 11) is 0. The topological polar surface area (TPSA) is 32.9 Å². The van der Waals surface area contributed by atoms with Crippen LogP contribution in [0, 0.1) is 0 Å². The first-order valence-electron chi connectivity index (χ1n) is 9.53. The summed E-state index contributed by atoms with van der Waals surface area (Å²) in [6.45, 7) is 2.20. The van der Waals surface area contributed by atoms with Crippen LogP contribution in [0.3, 0.4) is 0 Å². The van der Waals surface area contributed by atoms with Crippen molar-refractivity contribution in [2.24, 2.45) is 0 Å². The van der Waals surface area contributed by atoms with Crippen LogP contribution in [-0.4, -0.2) is 10.8 Å². The first kappa shape index (κ1) is 17.3. The van der Waals surface area contributed by atoms with E-state index in [0.29, 0.717) is 6.42 Å². The molecule has 0 bridgehead atoms. The highest BCUT2D eigenvalue weighted by atomic mass is 35.5. The van der Waals surface area contributed by atoms with Crippen LogP contribution in [0.4, 0.5) is 0 Å². The molecular formula is C25H20ClNO. The Labute approximate surface area is 169 Å². The van der Waals surface area contributed by atoms with E-state index >= 15 is 0 Å². The predicted molar refractivity (Wildman–Crippen MR) is 115 cm³/mol. The lowest BCUT2D eigenvalue weighted by Crippen LogP contribution is -2.22. The SMILES string of the molecule is CC1(Cc2c(-c3ccccc3)[nH]c3ccc(Cl)cc23)CC(=O)c2ccccc21. The fourth-order valence-electron chi connectivity index (χ4n) is 4.60. The summed E-state index contributed by atoms with van der Waals surface area (Å²) in [4.78, 5) is 16.2. The number of ketones is 1. The molecule has 2 nitrogen and oxygen atoms in total. The lowest BCUT2D eigenvalue weighted by Gasteiger charge is -2.25. The minimum absolute atomic E-state index is 0.228. The number of carbonyl (C=O) groups excluding carboxylic acids is 1. The standard InChI is InChI=1S/C25H20ClNO/c1-25(15-23(28)18-9-5-6-10-21(18)25)14-20-19-13-17(26)11-12-22(19)27-24(20)16-7-3-2-4-8-16/h2-13,27H,14-15H2,1H3. The normalized spacial score (nSPS) is 18.6. The molecule has 0 aliphatic heterocycles. The second-order valence-electron chi connectivity index (χ2n) is 7.92. The van der Waals surface area contributed by atoms with Crippen LogP contribution in [0.15, 0.2) is 72.8 Å². The van der Waals surface area contributed by atoms with Gasteiger partial charge in [0.1, 0.15) is 0 Å². The monoisotopic (exact) mass is 385 g/mol. The summed E-state index contributed by atoms with van der Waals surface area (Å²) in [6, 6.07) is 24.4. The van der Waals surface area contributed by atoms with Crippen LogP contribution in [0.5, 0.6) is 0 Å². The van der Waals surface area contributed by atoms with Gasteiger partial charge in [-0.1, -0.05) is 73.1 Å². The Morgan fingerprint density at radius 1 is 1.00 bits per heavy atom. The average Bonchev–Trinajstić information content (AvgIpc) is 3.18. The molecule has 1 heterocycles. The van der Waals surface area contributed by atoms with Crippen molar-refractivity contribution in [1.29, 1.82) is 0 Å². The van der Waals surface area contributed by atoms with Crippen molar-refractivity contribution in [2.75, 3.05) is 0 Å². The van der Waals surface area contributed by atoms with Crippen LogP contribution in [0.1, 0.15) is 34.8 Å². The lowest BCUT2D eigenvalue weighted by atomic mass is 9.77. The van der Waals surface area contributed by atoms with Crippen LogP contribution in [-0.2, 0) is 11.8 Å². The number of fused-ring (bicyclic) bond motifs is 2. The number of Topliss-reactive ketones (excluding diaryl/α,β-unsaturated/α-hetero) is 1. The number of aromatic nitrogens is 1. The van der Waals surface area contributed by atoms with E-state index in [9.17, 15) is 4.79 Å². The molecule has 0 radical (unpaired) electrons. The first-order valence-corrected chi connectivity index (χ1v) is 9.91. The van der Waals surface area contributed by atoms with E-state index < -0.39 is 0 Å². The van der Waals surface area contributed by atoms with Crippen molar-refractivity contribution < 1.29 is 4.79 Å². The summed E-state index contributed by atoms with van der Waals surface area (Å²) < 4.78 is 0. The van der Waals surface area contributed by atoms with E-state index in [4.69, 9.17) is 11.6 Å². The predicted octanol–water partition coefficient (Wildman–Crippen LogP) is 6.58. The molecule has 0 saturated heterocycles. The third-order valence-corrected chi connectivity index (χ3v) is 6.16. The third-order valence-electron chi connectivity index (χ3n) is 5.93. The summed E-state index contributed by atoms with van der Waals surface area (Å²) >= 11 is 6.33. The average molecular weight is 386 g/mol. The zero-order valence-corrected chi connectivity index (χ0v) is 16.4. The summed E-state index contributed by atoms with van der Waals surface area (Å²) in [5.74, 6) is 0.234. The van der Waals surface area contributed by atoms with Gasteiger partial charge in [0.05, 0.1) is 0 Å². The molecule has 3 heteroatoms. The molecule has 1 N–H and O–H groups in total. The number of hydrogen-bond donors (Lipinski definition) is 1. The quantitative estimate of drug-likeness (QED) is 0.424. The van der Waals surface area contributed by atoms with Gasteiger partial charge in [0.25, 0.3) is 0 Å². The number of aromatic amines is 1. The lowest BCUT2D eigenvalue weighted by molar-refractivity contribution is 0.0976. The van der Waals surface area contributed by atoms with Crippen LogP contribution in [0.2, 0.25) is 5.02 Å². The largest absolute Gasteiger partial charge is 0.354 e. The molecule has 0 spiro atoms. The zero-order chi connectivity index (χ0) is 19.3. The minimum Gasteiger partial charge on any atom is -0.354 e. The molecule has 1 aliphatic carbocycles. The molecule has 1 unspecified atom stereocenters. The van der Waals surface area contributed by atoms with Gasteiger partial charge in [-0.15, -0.1) is 0 Å².